The molecular formula is C10H5ClINO2. The van der Waals surface area contributed by atoms with Gasteiger partial charge in [0.05, 0.1) is 16.1 Å². The Morgan fingerprint density at radius 2 is 2.20 bits per heavy atom. The molecule has 0 spiro atoms. The molecule has 0 aliphatic carbocycles. The number of hydrogen-bond donors (Lipinski definition) is 1. The van der Waals surface area contributed by atoms with Crippen molar-refractivity contribution in [2.24, 2.45) is 0 Å². The Balaban J connectivity index is 2.82. The van der Waals surface area contributed by atoms with Gasteiger partial charge in [-0.1, -0.05) is 11.6 Å². The Morgan fingerprint density at radius 3 is 2.87 bits per heavy atom. The summed E-state index contributed by atoms with van der Waals surface area (Å²) >= 11 is 8.12. The van der Waals surface area contributed by atoms with Crippen LogP contribution in [0.25, 0.3) is 10.9 Å². The summed E-state index contributed by atoms with van der Waals surface area (Å²) < 4.78 is 0.992. The molecule has 1 aromatic heterocycles. The number of pyridine rings is 1. The predicted molar refractivity (Wildman–Crippen MR) is 66.4 cm³/mol. The zero-order chi connectivity index (χ0) is 11.0. The summed E-state index contributed by atoms with van der Waals surface area (Å²) in [7, 11) is 0. The molecule has 1 heterocycles. The summed E-state index contributed by atoms with van der Waals surface area (Å²) in [4.78, 5) is 14.9. The number of halogens is 2. The summed E-state index contributed by atoms with van der Waals surface area (Å²) in [6, 6.07) is 5.53. The van der Waals surface area contributed by atoms with Crippen LogP contribution in [0.2, 0.25) is 5.02 Å². The number of carbonyl (C=O) groups is 1. The van der Waals surface area contributed by atoms with Crippen molar-refractivity contribution in [2.45, 2.75) is 0 Å². The number of fused-ring (bicyclic) bond motifs is 1. The van der Waals surface area contributed by atoms with E-state index in [4.69, 9.17) is 16.7 Å². The SMILES string of the molecule is O=C(O)c1cnc2ccc(I)cc2c1Cl. The molecular weight excluding hydrogens is 328 g/mol. The molecule has 15 heavy (non-hydrogen) atoms. The fourth-order valence-corrected chi connectivity index (χ4v) is 2.05. The molecule has 0 saturated carbocycles. The molecule has 0 fully saturated rings. The third kappa shape index (κ3) is 1.91. The average molecular weight is 334 g/mol. The molecule has 0 saturated heterocycles. The second-order valence-electron chi connectivity index (χ2n) is 2.95. The predicted octanol–water partition coefficient (Wildman–Crippen LogP) is 3.19. The van der Waals surface area contributed by atoms with Gasteiger partial charge in [-0.05, 0) is 40.8 Å². The van der Waals surface area contributed by atoms with Crippen molar-refractivity contribution < 1.29 is 9.90 Å². The van der Waals surface area contributed by atoms with Gasteiger partial charge in [-0.3, -0.25) is 4.98 Å². The first kappa shape index (κ1) is 10.6. The van der Waals surface area contributed by atoms with E-state index in [1.807, 2.05) is 18.2 Å². The lowest BCUT2D eigenvalue weighted by atomic mass is 10.1. The first-order valence-corrected chi connectivity index (χ1v) is 5.52. The molecule has 76 valence electrons. The molecule has 0 bridgehead atoms. The number of carboxylic acid groups (broad SMARTS) is 1. The lowest BCUT2D eigenvalue weighted by Gasteiger charge is -2.03. The minimum Gasteiger partial charge on any atom is -0.478 e. The topological polar surface area (TPSA) is 50.2 Å². The largest absolute Gasteiger partial charge is 0.478 e. The van der Waals surface area contributed by atoms with Gasteiger partial charge in [-0.2, -0.15) is 0 Å². The van der Waals surface area contributed by atoms with Gasteiger partial charge in [0.2, 0.25) is 0 Å². The molecule has 0 amide bonds. The highest BCUT2D eigenvalue weighted by Gasteiger charge is 2.12. The zero-order valence-corrected chi connectivity index (χ0v) is 10.3. The molecule has 1 aromatic carbocycles. The van der Waals surface area contributed by atoms with Gasteiger partial charge >= 0.3 is 5.97 Å². The molecule has 3 nitrogen and oxygen atoms in total. The van der Waals surface area contributed by atoms with Gasteiger partial charge < -0.3 is 5.11 Å². The molecule has 0 aliphatic heterocycles. The van der Waals surface area contributed by atoms with E-state index in [2.05, 4.69) is 27.6 Å². The Labute approximate surface area is 104 Å². The van der Waals surface area contributed by atoms with Crippen LogP contribution in [0.4, 0.5) is 0 Å². The molecule has 2 rings (SSSR count). The van der Waals surface area contributed by atoms with Gasteiger partial charge in [0, 0.05) is 15.2 Å². The van der Waals surface area contributed by atoms with E-state index in [-0.39, 0.29) is 10.6 Å². The number of aromatic carboxylic acids is 1. The smallest absolute Gasteiger partial charge is 0.338 e. The van der Waals surface area contributed by atoms with Crippen molar-refractivity contribution in [3.63, 3.8) is 0 Å². The molecule has 0 unspecified atom stereocenters. The Kier molecular flexibility index (Phi) is 2.79. The highest BCUT2D eigenvalue weighted by atomic mass is 127. The maximum atomic E-state index is 10.8. The van der Waals surface area contributed by atoms with Crippen LogP contribution in [0.15, 0.2) is 24.4 Å². The van der Waals surface area contributed by atoms with Gasteiger partial charge in [-0.25, -0.2) is 4.79 Å². The van der Waals surface area contributed by atoms with Crippen molar-refractivity contribution in [1.29, 1.82) is 0 Å². The first-order valence-electron chi connectivity index (χ1n) is 4.06. The van der Waals surface area contributed by atoms with Crippen LogP contribution >= 0.6 is 34.2 Å². The second-order valence-corrected chi connectivity index (χ2v) is 4.58. The number of carboxylic acids is 1. The molecule has 0 atom stereocenters. The van der Waals surface area contributed by atoms with E-state index < -0.39 is 5.97 Å². The van der Waals surface area contributed by atoms with Crippen LogP contribution in [0.3, 0.4) is 0 Å². The summed E-state index contributed by atoms with van der Waals surface area (Å²) in [5, 5.41) is 9.78. The fourth-order valence-electron chi connectivity index (χ4n) is 1.28. The summed E-state index contributed by atoms with van der Waals surface area (Å²) in [5.41, 5.74) is 0.733. The standard InChI is InChI=1S/C10H5ClINO2/c11-9-6-3-5(12)1-2-8(6)13-4-7(9)10(14)15/h1-4H,(H,14,15). The molecule has 1 N–H and O–H groups in total. The maximum absolute atomic E-state index is 10.8. The monoisotopic (exact) mass is 333 g/mol. The van der Waals surface area contributed by atoms with Crippen molar-refractivity contribution in [3.8, 4) is 0 Å². The van der Waals surface area contributed by atoms with Gasteiger partial charge in [0.1, 0.15) is 0 Å². The summed E-state index contributed by atoms with van der Waals surface area (Å²) in [5.74, 6) is -1.06. The number of hydrogen-bond acceptors (Lipinski definition) is 2. The highest BCUT2D eigenvalue weighted by Crippen LogP contribution is 2.26. The van der Waals surface area contributed by atoms with Crippen molar-refractivity contribution >= 4 is 51.1 Å². The lowest BCUT2D eigenvalue weighted by Crippen LogP contribution is -1.99. The normalized spacial score (nSPS) is 10.5. The van der Waals surface area contributed by atoms with E-state index in [0.717, 1.165) is 3.57 Å². The minimum absolute atomic E-state index is 0.0335. The lowest BCUT2D eigenvalue weighted by molar-refractivity contribution is 0.0697. The van der Waals surface area contributed by atoms with Crippen molar-refractivity contribution in [1.82, 2.24) is 4.98 Å². The average Bonchev–Trinajstić information content (AvgIpc) is 2.19. The van der Waals surface area contributed by atoms with Crippen LogP contribution in [-0.2, 0) is 0 Å². The second kappa shape index (κ2) is 3.94. The van der Waals surface area contributed by atoms with E-state index in [1.54, 1.807) is 0 Å². The third-order valence-electron chi connectivity index (χ3n) is 1.99. The maximum Gasteiger partial charge on any atom is 0.338 e. The van der Waals surface area contributed by atoms with Crippen LogP contribution < -0.4 is 0 Å². The van der Waals surface area contributed by atoms with Gasteiger partial charge in [0.25, 0.3) is 0 Å². The molecule has 2 aromatic rings. The number of nitrogens with zero attached hydrogens (tertiary/aromatic N) is 1. The van der Waals surface area contributed by atoms with Crippen molar-refractivity contribution in [2.75, 3.05) is 0 Å². The minimum atomic E-state index is -1.06. The summed E-state index contributed by atoms with van der Waals surface area (Å²) in [6.45, 7) is 0. The first-order chi connectivity index (χ1) is 7.09. The van der Waals surface area contributed by atoms with Crippen molar-refractivity contribution in [3.05, 3.63) is 38.6 Å². The Bertz CT molecular complexity index is 556. The van der Waals surface area contributed by atoms with E-state index >= 15 is 0 Å². The molecule has 5 heteroatoms. The van der Waals surface area contributed by atoms with E-state index in [1.165, 1.54) is 6.20 Å². The highest BCUT2D eigenvalue weighted by molar-refractivity contribution is 14.1. The van der Waals surface area contributed by atoms with Gasteiger partial charge in [0.15, 0.2) is 0 Å². The van der Waals surface area contributed by atoms with Crippen LogP contribution in [0.1, 0.15) is 10.4 Å². The Hall–Kier alpha value is -0.880. The van der Waals surface area contributed by atoms with Crippen LogP contribution in [-0.4, -0.2) is 16.1 Å². The number of aromatic nitrogens is 1. The summed E-state index contributed by atoms with van der Waals surface area (Å²) in [6.07, 6.45) is 1.28. The third-order valence-corrected chi connectivity index (χ3v) is 3.07. The van der Waals surface area contributed by atoms with Crippen LogP contribution in [0.5, 0.6) is 0 Å². The van der Waals surface area contributed by atoms with Gasteiger partial charge in [-0.15, -0.1) is 0 Å². The zero-order valence-electron chi connectivity index (χ0n) is 7.37. The van der Waals surface area contributed by atoms with E-state index in [0.29, 0.717) is 10.9 Å². The van der Waals surface area contributed by atoms with E-state index in [9.17, 15) is 4.79 Å². The molecule has 0 aliphatic rings. The van der Waals surface area contributed by atoms with Crippen LogP contribution in [0, 0.1) is 3.57 Å². The number of benzene rings is 1. The quantitative estimate of drug-likeness (QED) is 0.816. The number of rotatable bonds is 1. The fraction of sp³-hybridized carbons (Fsp3) is 0. The molecule has 0 radical (unpaired) electrons. The Morgan fingerprint density at radius 1 is 1.47 bits per heavy atom.